The fourth-order valence-electron chi connectivity index (χ4n) is 3.23. The molecule has 0 aliphatic heterocycles. The molecule has 0 fully saturated rings. The molecule has 1 unspecified atom stereocenters. The molecule has 0 saturated heterocycles. The maximum atomic E-state index is 14.2. The van der Waals surface area contributed by atoms with Gasteiger partial charge in [-0.05, 0) is 38.1 Å². The van der Waals surface area contributed by atoms with E-state index in [0.717, 1.165) is 5.52 Å². The van der Waals surface area contributed by atoms with Crippen molar-refractivity contribution in [2.75, 3.05) is 11.9 Å². The zero-order valence-electron chi connectivity index (χ0n) is 17.9. The van der Waals surface area contributed by atoms with E-state index in [-0.39, 0.29) is 13.1 Å². The van der Waals surface area contributed by atoms with Crippen LogP contribution in [0.3, 0.4) is 0 Å². The largest absolute Gasteiger partial charge is 0.387 e. The van der Waals surface area contributed by atoms with Gasteiger partial charge in [-0.15, -0.1) is 5.10 Å². The minimum absolute atomic E-state index is 0.0501. The minimum atomic E-state index is -1.53. The smallest absolute Gasteiger partial charge is 0.148 e. The van der Waals surface area contributed by atoms with Gasteiger partial charge in [-0.3, -0.25) is 4.98 Å². The molecule has 4 aromatic rings. The van der Waals surface area contributed by atoms with Gasteiger partial charge in [0.1, 0.15) is 24.5 Å². The third kappa shape index (κ3) is 4.49. The topological polar surface area (TPSA) is 141 Å². The average Bonchev–Trinajstić information content (AvgIpc) is 3.43. The SMILES string of the molecule is CC(C)(O)C(F)Cn1cc(-c2cnc(-c3ccc4cc(C#N)cnn34)cc2NCC#N)nn1. The van der Waals surface area contributed by atoms with Gasteiger partial charge < -0.3 is 10.4 Å². The standard InChI is InChI=1S/C22H20FN9O/c1-22(2,33)21(23)13-31-12-19(29-30-31)16-11-27-18(8-17(16)26-6-5-24)20-4-3-15-7-14(9-25)10-28-32(15)20/h3-4,7-8,10-12,21,33H,6,13H2,1-2H3,(H,26,27). The first-order valence-corrected chi connectivity index (χ1v) is 10.1. The first-order valence-electron chi connectivity index (χ1n) is 10.1. The van der Waals surface area contributed by atoms with Crippen molar-refractivity contribution in [3.05, 3.63) is 48.4 Å². The van der Waals surface area contributed by atoms with Crippen LogP contribution in [0.15, 0.2) is 42.9 Å². The third-order valence-electron chi connectivity index (χ3n) is 5.08. The summed E-state index contributed by atoms with van der Waals surface area (Å²) < 4.78 is 17.2. The summed E-state index contributed by atoms with van der Waals surface area (Å²) >= 11 is 0. The van der Waals surface area contributed by atoms with E-state index in [4.69, 9.17) is 10.5 Å². The van der Waals surface area contributed by atoms with Crippen LogP contribution >= 0.6 is 0 Å². The first kappa shape index (κ1) is 21.9. The Bertz CT molecular complexity index is 1390. The zero-order valence-corrected chi connectivity index (χ0v) is 17.9. The predicted octanol–water partition coefficient (Wildman–Crippen LogP) is 2.57. The van der Waals surface area contributed by atoms with Crippen LogP contribution in [0, 0.1) is 22.7 Å². The van der Waals surface area contributed by atoms with Crippen molar-refractivity contribution < 1.29 is 9.50 Å². The number of nitrogens with one attached hydrogen (secondary N) is 1. The van der Waals surface area contributed by atoms with Gasteiger partial charge in [-0.2, -0.15) is 15.6 Å². The molecule has 0 aliphatic rings. The molecular formula is C22H20FN9O. The van der Waals surface area contributed by atoms with Crippen molar-refractivity contribution in [1.82, 2.24) is 29.6 Å². The highest BCUT2D eigenvalue weighted by molar-refractivity contribution is 5.78. The number of pyridine rings is 1. The Hall–Kier alpha value is -4.35. The molecule has 33 heavy (non-hydrogen) atoms. The Morgan fingerprint density at radius 3 is 2.76 bits per heavy atom. The van der Waals surface area contributed by atoms with Crippen molar-refractivity contribution in [2.45, 2.75) is 32.2 Å². The molecule has 0 saturated carbocycles. The molecule has 4 aromatic heterocycles. The fraction of sp³-hybridized carbons (Fsp3) is 0.273. The number of nitrogens with zero attached hydrogens (tertiary/aromatic N) is 8. The fourth-order valence-corrected chi connectivity index (χ4v) is 3.23. The van der Waals surface area contributed by atoms with Gasteiger partial charge in [-0.1, -0.05) is 5.21 Å². The molecule has 0 aromatic carbocycles. The number of hydrogen-bond donors (Lipinski definition) is 2. The molecule has 10 nitrogen and oxygen atoms in total. The molecule has 0 aliphatic carbocycles. The van der Waals surface area contributed by atoms with E-state index < -0.39 is 11.8 Å². The average molecular weight is 445 g/mol. The number of rotatable bonds is 7. The lowest BCUT2D eigenvalue weighted by Gasteiger charge is -2.21. The number of aliphatic hydroxyl groups is 1. The normalized spacial score (nSPS) is 12.3. The van der Waals surface area contributed by atoms with Crippen molar-refractivity contribution >= 4 is 11.2 Å². The van der Waals surface area contributed by atoms with Crippen LogP contribution in [0.5, 0.6) is 0 Å². The quantitative estimate of drug-likeness (QED) is 0.414. The number of anilines is 1. The molecule has 2 N–H and O–H groups in total. The minimum Gasteiger partial charge on any atom is -0.387 e. The van der Waals surface area contributed by atoms with E-state index in [9.17, 15) is 9.50 Å². The number of hydrogen-bond acceptors (Lipinski definition) is 8. The van der Waals surface area contributed by atoms with Crippen molar-refractivity contribution in [3.63, 3.8) is 0 Å². The van der Waals surface area contributed by atoms with Crippen LogP contribution in [-0.2, 0) is 6.54 Å². The maximum Gasteiger partial charge on any atom is 0.148 e. The Labute approximate surface area is 188 Å². The van der Waals surface area contributed by atoms with Gasteiger partial charge in [0, 0.05) is 17.4 Å². The van der Waals surface area contributed by atoms with E-state index in [1.54, 1.807) is 29.0 Å². The summed E-state index contributed by atoms with van der Waals surface area (Å²) in [6.07, 6.45) is 3.10. The first-order chi connectivity index (χ1) is 15.8. The molecular weight excluding hydrogens is 425 g/mol. The molecule has 0 bridgehead atoms. The van der Waals surface area contributed by atoms with Gasteiger partial charge >= 0.3 is 0 Å². The highest BCUT2D eigenvalue weighted by Gasteiger charge is 2.27. The summed E-state index contributed by atoms with van der Waals surface area (Å²) in [5.74, 6) is 0. The molecule has 0 spiro atoms. The molecule has 166 valence electrons. The molecule has 0 radical (unpaired) electrons. The molecule has 11 heteroatoms. The van der Waals surface area contributed by atoms with E-state index in [1.807, 2.05) is 18.2 Å². The van der Waals surface area contributed by atoms with E-state index >= 15 is 0 Å². The summed E-state index contributed by atoms with van der Waals surface area (Å²) in [6.45, 7) is 2.68. The lowest BCUT2D eigenvalue weighted by atomic mass is 10.0. The third-order valence-corrected chi connectivity index (χ3v) is 5.08. The molecule has 1 atom stereocenters. The van der Waals surface area contributed by atoms with Crippen LogP contribution in [0.25, 0.3) is 28.2 Å². The molecule has 4 rings (SSSR count). The second kappa shape index (κ2) is 8.65. The lowest BCUT2D eigenvalue weighted by molar-refractivity contribution is -0.0120. The van der Waals surface area contributed by atoms with Crippen LogP contribution in [-0.4, -0.2) is 53.0 Å². The zero-order chi connectivity index (χ0) is 23.6. The lowest BCUT2D eigenvalue weighted by Crippen LogP contribution is -2.35. The van der Waals surface area contributed by atoms with Crippen molar-refractivity contribution in [1.29, 1.82) is 10.5 Å². The Morgan fingerprint density at radius 1 is 1.21 bits per heavy atom. The Balaban J connectivity index is 1.70. The summed E-state index contributed by atoms with van der Waals surface area (Å²) in [4.78, 5) is 4.53. The number of aromatic nitrogens is 6. The summed E-state index contributed by atoms with van der Waals surface area (Å²) in [6, 6.07) is 11.3. The summed E-state index contributed by atoms with van der Waals surface area (Å²) in [7, 11) is 0. The monoisotopic (exact) mass is 445 g/mol. The predicted molar refractivity (Wildman–Crippen MR) is 117 cm³/mol. The van der Waals surface area contributed by atoms with Crippen LogP contribution < -0.4 is 5.32 Å². The van der Waals surface area contributed by atoms with Crippen LogP contribution in [0.4, 0.5) is 10.1 Å². The molecule has 4 heterocycles. The molecule has 0 amide bonds. The van der Waals surface area contributed by atoms with Gasteiger partial charge in [-0.25, -0.2) is 13.6 Å². The van der Waals surface area contributed by atoms with E-state index in [0.29, 0.717) is 33.9 Å². The summed E-state index contributed by atoms with van der Waals surface area (Å²) in [5, 5.41) is 43.4. The number of nitriles is 2. The van der Waals surface area contributed by atoms with Crippen LogP contribution in [0.2, 0.25) is 0 Å². The number of halogens is 1. The van der Waals surface area contributed by atoms with Gasteiger partial charge in [0.25, 0.3) is 0 Å². The Kier molecular flexibility index (Phi) is 5.73. The van der Waals surface area contributed by atoms with Gasteiger partial charge in [0.15, 0.2) is 0 Å². The highest BCUT2D eigenvalue weighted by Crippen LogP contribution is 2.30. The summed E-state index contributed by atoms with van der Waals surface area (Å²) in [5.41, 5.74) is 2.61. The van der Waals surface area contributed by atoms with E-state index in [1.165, 1.54) is 24.7 Å². The van der Waals surface area contributed by atoms with Gasteiger partial charge in [0.05, 0.1) is 53.1 Å². The number of alkyl halides is 1. The number of fused-ring (bicyclic) bond motifs is 1. The Morgan fingerprint density at radius 2 is 2.03 bits per heavy atom. The second-order valence-electron chi connectivity index (χ2n) is 7.99. The van der Waals surface area contributed by atoms with Gasteiger partial charge in [0.2, 0.25) is 0 Å². The highest BCUT2D eigenvalue weighted by atomic mass is 19.1. The van der Waals surface area contributed by atoms with E-state index in [2.05, 4.69) is 31.8 Å². The van der Waals surface area contributed by atoms with Crippen molar-refractivity contribution in [3.8, 4) is 34.8 Å². The van der Waals surface area contributed by atoms with Crippen molar-refractivity contribution in [2.24, 2.45) is 0 Å². The second-order valence-corrected chi connectivity index (χ2v) is 7.99. The maximum absolute atomic E-state index is 14.2. The van der Waals surface area contributed by atoms with Crippen LogP contribution in [0.1, 0.15) is 19.4 Å².